The molecule has 1 saturated heterocycles. The molecule has 0 spiro atoms. The average molecular weight is 392 g/mol. The molecule has 1 aliphatic heterocycles. The van der Waals surface area contributed by atoms with Crippen LogP contribution in [0.1, 0.15) is 46.1 Å². The molecule has 148 valence electrons. The highest BCUT2D eigenvalue weighted by molar-refractivity contribution is 5.94. The topological polar surface area (TPSA) is 33.2 Å². The number of pyridine rings is 1. The zero-order valence-electron chi connectivity index (χ0n) is 16.0. The van der Waals surface area contributed by atoms with Crippen molar-refractivity contribution in [3.63, 3.8) is 0 Å². The van der Waals surface area contributed by atoms with Crippen LogP contribution >= 0.6 is 0 Å². The second-order valence-electron chi connectivity index (χ2n) is 7.46. The highest BCUT2D eigenvalue weighted by Crippen LogP contribution is 2.27. The van der Waals surface area contributed by atoms with Crippen molar-refractivity contribution in [2.24, 2.45) is 0 Å². The molecule has 0 aliphatic carbocycles. The number of carbonyl (C=O) groups excluding carboxylic acids is 1. The molecule has 3 aromatic rings. The van der Waals surface area contributed by atoms with E-state index in [2.05, 4.69) is 0 Å². The molecule has 1 aliphatic rings. The normalized spacial score (nSPS) is 16.6. The van der Waals surface area contributed by atoms with Gasteiger partial charge in [0.05, 0.1) is 0 Å². The third-order valence-corrected chi connectivity index (χ3v) is 5.32. The summed E-state index contributed by atoms with van der Waals surface area (Å²) in [6.45, 7) is 1.28. The number of benzene rings is 2. The number of hydrogen-bond donors (Lipinski definition) is 0. The summed E-state index contributed by atoms with van der Waals surface area (Å²) in [4.78, 5) is 19.4. The molecule has 3 nitrogen and oxygen atoms in total. The molecular formula is C24H22F2N2O. The Kier molecular flexibility index (Phi) is 5.65. The summed E-state index contributed by atoms with van der Waals surface area (Å²) in [5.41, 5.74) is 3.22. The number of rotatable bonds is 4. The van der Waals surface area contributed by atoms with Crippen LogP contribution in [0.4, 0.5) is 8.78 Å². The number of piperidine rings is 1. The third-order valence-electron chi connectivity index (χ3n) is 5.32. The van der Waals surface area contributed by atoms with Crippen LogP contribution in [0.5, 0.6) is 0 Å². The Morgan fingerprint density at radius 1 is 1.00 bits per heavy atom. The van der Waals surface area contributed by atoms with Crippen LogP contribution < -0.4 is 0 Å². The number of carbonyl (C=O) groups is 1. The SMILES string of the molecule is O=C(c1ccc(F)cc1)N1CCC[C@H](c2cccc(Cc3cccc(F)c3)n2)C1. The minimum absolute atomic E-state index is 0.0781. The molecule has 5 heteroatoms. The molecule has 1 aromatic heterocycles. The van der Waals surface area contributed by atoms with Crippen LogP contribution in [0, 0.1) is 11.6 Å². The highest BCUT2D eigenvalue weighted by Gasteiger charge is 2.26. The summed E-state index contributed by atoms with van der Waals surface area (Å²) in [7, 11) is 0. The van der Waals surface area contributed by atoms with Gasteiger partial charge < -0.3 is 4.90 Å². The van der Waals surface area contributed by atoms with Crippen LogP contribution in [0.15, 0.2) is 66.7 Å². The van der Waals surface area contributed by atoms with E-state index >= 15 is 0 Å². The summed E-state index contributed by atoms with van der Waals surface area (Å²) in [5, 5.41) is 0. The molecule has 0 bridgehead atoms. The van der Waals surface area contributed by atoms with E-state index in [-0.39, 0.29) is 23.5 Å². The molecule has 0 radical (unpaired) electrons. The third kappa shape index (κ3) is 4.67. The van der Waals surface area contributed by atoms with E-state index in [1.165, 1.54) is 36.4 Å². The summed E-state index contributed by atoms with van der Waals surface area (Å²) in [6.07, 6.45) is 2.42. The van der Waals surface area contributed by atoms with Gasteiger partial charge in [-0.2, -0.15) is 0 Å². The van der Waals surface area contributed by atoms with Crippen molar-refractivity contribution in [2.45, 2.75) is 25.2 Å². The monoisotopic (exact) mass is 392 g/mol. The average Bonchev–Trinajstić information content (AvgIpc) is 2.74. The predicted octanol–water partition coefficient (Wildman–Crippen LogP) is 4.97. The number of hydrogen-bond acceptors (Lipinski definition) is 2. The summed E-state index contributed by atoms with van der Waals surface area (Å²) >= 11 is 0. The van der Waals surface area contributed by atoms with Gasteiger partial charge in [0, 0.05) is 42.4 Å². The van der Waals surface area contributed by atoms with Gasteiger partial charge in [0.1, 0.15) is 11.6 Å². The smallest absolute Gasteiger partial charge is 0.253 e. The lowest BCUT2D eigenvalue weighted by molar-refractivity contribution is 0.0706. The fraction of sp³-hybridized carbons (Fsp3) is 0.250. The zero-order valence-corrected chi connectivity index (χ0v) is 16.0. The first kappa shape index (κ1) is 19.2. The first-order chi connectivity index (χ1) is 14.1. The van der Waals surface area contributed by atoms with Gasteiger partial charge in [-0.15, -0.1) is 0 Å². The molecule has 1 amide bonds. The summed E-state index contributed by atoms with van der Waals surface area (Å²) in [5.74, 6) is -0.524. The molecule has 0 unspecified atom stereocenters. The second kappa shape index (κ2) is 8.52. The maximum atomic E-state index is 13.4. The van der Waals surface area contributed by atoms with Gasteiger partial charge in [-0.25, -0.2) is 8.78 Å². The van der Waals surface area contributed by atoms with Gasteiger partial charge in [-0.3, -0.25) is 9.78 Å². The van der Waals surface area contributed by atoms with Gasteiger partial charge in [-0.05, 0) is 66.9 Å². The Morgan fingerprint density at radius 3 is 2.59 bits per heavy atom. The minimum atomic E-state index is -0.350. The first-order valence-corrected chi connectivity index (χ1v) is 9.83. The minimum Gasteiger partial charge on any atom is -0.338 e. The lowest BCUT2D eigenvalue weighted by Gasteiger charge is -2.32. The number of nitrogens with zero attached hydrogens (tertiary/aromatic N) is 2. The molecular weight excluding hydrogens is 370 g/mol. The number of likely N-dealkylation sites (tertiary alicyclic amines) is 1. The Bertz CT molecular complexity index is 1000. The number of halogens is 2. The van der Waals surface area contributed by atoms with Crippen molar-refractivity contribution in [1.29, 1.82) is 0 Å². The lowest BCUT2D eigenvalue weighted by atomic mass is 9.93. The van der Waals surface area contributed by atoms with E-state index in [4.69, 9.17) is 4.98 Å². The van der Waals surface area contributed by atoms with E-state index < -0.39 is 0 Å². The number of amides is 1. The van der Waals surface area contributed by atoms with E-state index in [0.29, 0.717) is 25.1 Å². The number of aromatic nitrogens is 1. The first-order valence-electron chi connectivity index (χ1n) is 9.83. The molecule has 0 saturated carbocycles. The van der Waals surface area contributed by atoms with Crippen molar-refractivity contribution in [3.8, 4) is 0 Å². The van der Waals surface area contributed by atoms with Crippen LogP contribution in [-0.4, -0.2) is 28.9 Å². The van der Waals surface area contributed by atoms with Gasteiger partial charge in [0.25, 0.3) is 5.91 Å². The van der Waals surface area contributed by atoms with Crippen LogP contribution in [-0.2, 0) is 6.42 Å². The van der Waals surface area contributed by atoms with Gasteiger partial charge in [-0.1, -0.05) is 18.2 Å². The van der Waals surface area contributed by atoms with E-state index in [9.17, 15) is 13.6 Å². The van der Waals surface area contributed by atoms with E-state index in [1.807, 2.05) is 29.2 Å². The molecule has 2 heterocycles. The largest absolute Gasteiger partial charge is 0.338 e. The Balaban J connectivity index is 1.48. The molecule has 2 aromatic carbocycles. The zero-order chi connectivity index (χ0) is 20.2. The van der Waals surface area contributed by atoms with Crippen molar-refractivity contribution in [3.05, 3.63) is 101 Å². The molecule has 4 rings (SSSR count). The molecule has 0 N–H and O–H groups in total. The van der Waals surface area contributed by atoms with Crippen molar-refractivity contribution in [2.75, 3.05) is 13.1 Å². The van der Waals surface area contributed by atoms with Crippen LogP contribution in [0.2, 0.25) is 0 Å². The fourth-order valence-electron chi connectivity index (χ4n) is 3.86. The Labute approximate surface area is 169 Å². The predicted molar refractivity (Wildman–Crippen MR) is 108 cm³/mol. The summed E-state index contributed by atoms with van der Waals surface area (Å²) < 4.78 is 26.6. The second-order valence-corrected chi connectivity index (χ2v) is 7.46. The Hall–Kier alpha value is -3.08. The maximum Gasteiger partial charge on any atom is 0.253 e. The molecule has 29 heavy (non-hydrogen) atoms. The van der Waals surface area contributed by atoms with Crippen molar-refractivity contribution >= 4 is 5.91 Å². The van der Waals surface area contributed by atoms with Crippen molar-refractivity contribution < 1.29 is 13.6 Å². The van der Waals surface area contributed by atoms with Gasteiger partial charge >= 0.3 is 0 Å². The fourth-order valence-corrected chi connectivity index (χ4v) is 3.86. The van der Waals surface area contributed by atoms with Gasteiger partial charge in [0.2, 0.25) is 0 Å². The molecule has 1 fully saturated rings. The lowest BCUT2D eigenvalue weighted by Crippen LogP contribution is -2.39. The van der Waals surface area contributed by atoms with E-state index in [0.717, 1.165) is 29.8 Å². The van der Waals surface area contributed by atoms with Crippen molar-refractivity contribution in [1.82, 2.24) is 9.88 Å². The Morgan fingerprint density at radius 2 is 1.79 bits per heavy atom. The quantitative estimate of drug-likeness (QED) is 0.628. The standard InChI is InChI=1S/C24H22F2N2O/c25-20-11-9-18(10-12-20)24(29)28-13-3-5-19(16-28)23-8-2-7-22(27-23)15-17-4-1-6-21(26)14-17/h1-2,4,6-12,14,19H,3,5,13,15-16H2/t19-/m0/s1. The van der Waals surface area contributed by atoms with E-state index in [1.54, 1.807) is 6.07 Å². The van der Waals surface area contributed by atoms with Crippen LogP contribution in [0.3, 0.4) is 0 Å². The molecule has 1 atom stereocenters. The van der Waals surface area contributed by atoms with Crippen LogP contribution in [0.25, 0.3) is 0 Å². The maximum absolute atomic E-state index is 13.4. The highest BCUT2D eigenvalue weighted by atomic mass is 19.1. The summed E-state index contributed by atoms with van der Waals surface area (Å²) in [6, 6.07) is 18.1. The van der Waals surface area contributed by atoms with Gasteiger partial charge in [0.15, 0.2) is 0 Å².